The number of ether oxygens (including phenoxy) is 2. The third-order valence-electron chi connectivity index (χ3n) is 4.00. The van der Waals surface area contributed by atoms with E-state index in [4.69, 9.17) is 16.3 Å². The highest BCUT2D eigenvalue weighted by molar-refractivity contribution is 14.0. The van der Waals surface area contributed by atoms with Gasteiger partial charge in [0.15, 0.2) is 5.96 Å². The maximum Gasteiger partial charge on any atom is 0.387 e. The standard InChI is InChI=1S/C19H25ClF2N4O2S.HI/c1-5-23-19(26(3)10-15-11-29-17(25-15)12(2)27-4)24-9-13-8-14(20)6-7-16(13)28-18(21)22;/h6-8,11-12,18H,5,9-10H2,1-4H3,(H,23,24);1H. The zero-order chi connectivity index (χ0) is 21.4. The normalized spacial score (nSPS) is 12.5. The number of aromatic nitrogens is 1. The summed E-state index contributed by atoms with van der Waals surface area (Å²) in [6, 6.07) is 4.50. The van der Waals surface area contributed by atoms with Crippen LogP contribution < -0.4 is 10.1 Å². The summed E-state index contributed by atoms with van der Waals surface area (Å²) in [7, 11) is 3.53. The van der Waals surface area contributed by atoms with E-state index in [1.54, 1.807) is 24.5 Å². The first-order chi connectivity index (χ1) is 13.8. The molecule has 0 saturated carbocycles. The highest BCUT2D eigenvalue weighted by Gasteiger charge is 2.14. The Morgan fingerprint density at radius 3 is 2.77 bits per heavy atom. The molecule has 0 aliphatic carbocycles. The van der Waals surface area contributed by atoms with Crippen molar-refractivity contribution in [3.63, 3.8) is 0 Å². The van der Waals surface area contributed by atoms with Crippen LogP contribution in [0.3, 0.4) is 0 Å². The predicted octanol–water partition coefficient (Wildman–Crippen LogP) is 5.32. The van der Waals surface area contributed by atoms with Crippen molar-refractivity contribution in [1.82, 2.24) is 15.2 Å². The highest BCUT2D eigenvalue weighted by Crippen LogP contribution is 2.25. The van der Waals surface area contributed by atoms with Crippen molar-refractivity contribution in [3.8, 4) is 5.75 Å². The molecule has 0 saturated heterocycles. The molecule has 0 aliphatic rings. The van der Waals surface area contributed by atoms with Gasteiger partial charge in [-0.15, -0.1) is 35.3 Å². The number of nitrogens with zero attached hydrogens (tertiary/aromatic N) is 3. The van der Waals surface area contributed by atoms with Crippen LogP contribution in [0, 0.1) is 0 Å². The van der Waals surface area contributed by atoms with E-state index in [2.05, 4.69) is 20.0 Å². The van der Waals surface area contributed by atoms with Crippen LogP contribution in [-0.4, -0.2) is 43.2 Å². The lowest BCUT2D eigenvalue weighted by atomic mass is 10.2. The lowest BCUT2D eigenvalue weighted by Gasteiger charge is -2.21. The Morgan fingerprint density at radius 2 is 2.13 bits per heavy atom. The quantitative estimate of drug-likeness (QED) is 0.250. The van der Waals surface area contributed by atoms with E-state index in [1.165, 1.54) is 12.1 Å². The summed E-state index contributed by atoms with van der Waals surface area (Å²) in [5.41, 5.74) is 1.37. The van der Waals surface area contributed by atoms with Crippen LogP contribution in [0.1, 0.15) is 36.2 Å². The lowest BCUT2D eigenvalue weighted by Crippen LogP contribution is -2.38. The van der Waals surface area contributed by atoms with Gasteiger partial charge in [0.2, 0.25) is 0 Å². The van der Waals surface area contributed by atoms with E-state index in [-0.39, 0.29) is 42.4 Å². The molecule has 1 aromatic heterocycles. The van der Waals surface area contributed by atoms with Crippen LogP contribution in [0.15, 0.2) is 28.6 Å². The molecule has 0 fully saturated rings. The maximum absolute atomic E-state index is 12.6. The van der Waals surface area contributed by atoms with E-state index in [0.717, 1.165) is 10.7 Å². The molecule has 168 valence electrons. The van der Waals surface area contributed by atoms with Crippen LogP contribution in [0.2, 0.25) is 5.02 Å². The summed E-state index contributed by atoms with van der Waals surface area (Å²) in [4.78, 5) is 11.0. The molecule has 30 heavy (non-hydrogen) atoms. The van der Waals surface area contributed by atoms with E-state index >= 15 is 0 Å². The van der Waals surface area contributed by atoms with Gasteiger partial charge in [0.25, 0.3) is 0 Å². The minimum Gasteiger partial charge on any atom is -0.434 e. The monoisotopic (exact) mass is 574 g/mol. The number of benzene rings is 1. The van der Waals surface area contributed by atoms with Gasteiger partial charge in [-0.25, -0.2) is 9.98 Å². The van der Waals surface area contributed by atoms with E-state index < -0.39 is 6.61 Å². The summed E-state index contributed by atoms with van der Waals surface area (Å²) < 4.78 is 35.2. The topological polar surface area (TPSA) is 59.0 Å². The van der Waals surface area contributed by atoms with Gasteiger partial charge in [-0.05, 0) is 32.0 Å². The Hall–Kier alpha value is -1.24. The van der Waals surface area contributed by atoms with Crippen LogP contribution in [0.4, 0.5) is 8.78 Å². The van der Waals surface area contributed by atoms with Crippen molar-refractivity contribution in [2.45, 2.75) is 39.7 Å². The number of nitrogens with one attached hydrogen (secondary N) is 1. The molecule has 0 spiro atoms. The van der Waals surface area contributed by atoms with Crippen LogP contribution in [0.25, 0.3) is 0 Å². The third kappa shape index (κ3) is 8.12. The van der Waals surface area contributed by atoms with Crippen molar-refractivity contribution in [2.24, 2.45) is 4.99 Å². The minimum atomic E-state index is -2.91. The third-order valence-corrected chi connectivity index (χ3v) is 5.29. The number of thiazole rings is 1. The molecule has 0 bridgehead atoms. The van der Waals surface area contributed by atoms with Gasteiger partial charge in [0, 0.05) is 36.7 Å². The van der Waals surface area contributed by atoms with E-state index in [9.17, 15) is 8.78 Å². The Balaban J connectivity index is 0.00000450. The molecule has 1 heterocycles. The van der Waals surface area contributed by atoms with Crippen molar-refractivity contribution < 1.29 is 18.3 Å². The Kier molecular flexibility index (Phi) is 11.8. The van der Waals surface area contributed by atoms with Gasteiger partial charge in [0.1, 0.15) is 16.9 Å². The largest absolute Gasteiger partial charge is 0.434 e. The van der Waals surface area contributed by atoms with Crippen molar-refractivity contribution in [2.75, 3.05) is 20.7 Å². The fourth-order valence-corrected chi connectivity index (χ4v) is 3.55. The number of halogens is 4. The zero-order valence-corrected chi connectivity index (χ0v) is 21.1. The molecule has 0 amide bonds. The summed E-state index contributed by atoms with van der Waals surface area (Å²) in [5.74, 6) is 0.675. The van der Waals surface area contributed by atoms with Gasteiger partial charge in [-0.1, -0.05) is 11.6 Å². The van der Waals surface area contributed by atoms with Crippen LogP contribution in [-0.2, 0) is 17.8 Å². The summed E-state index contributed by atoms with van der Waals surface area (Å²) in [5, 5.41) is 6.51. The van der Waals surface area contributed by atoms with Gasteiger partial charge >= 0.3 is 6.61 Å². The first-order valence-electron chi connectivity index (χ1n) is 9.03. The van der Waals surface area contributed by atoms with Gasteiger partial charge in [-0.2, -0.15) is 8.78 Å². The highest BCUT2D eigenvalue weighted by atomic mass is 127. The van der Waals surface area contributed by atoms with Gasteiger partial charge in [-0.3, -0.25) is 0 Å². The average Bonchev–Trinajstić information content (AvgIpc) is 3.14. The van der Waals surface area contributed by atoms with E-state index in [0.29, 0.717) is 29.6 Å². The second kappa shape index (κ2) is 13.2. The number of aliphatic imine (C=N–C) groups is 1. The number of rotatable bonds is 9. The maximum atomic E-state index is 12.6. The molecule has 11 heteroatoms. The Labute approximate surface area is 201 Å². The lowest BCUT2D eigenvalue weighted by molar-refractivity contribution is -0.0504. The van der Waals surface area contributed by atoms with Crippen molar-refractivity contribution in [1.29, 1.82) is 0 Å². The van der Waals surface area contributed by atoms with Gasteiger partial charge in [0.05, 0.1) is 18.8 Å². The fourth-order valence-electron chi connectivity index (χ4n) is 2.51. The SMILES string of the molecule is CCNC(=NCc1cc(Cl)ccc1OC(F)F)N(C)Cc1csc(C(C)OC)n1.I. The number of guanidine groups is 1. The summed E-state index contributed by atoms with van der Waals surface area (Å²) in [6.07, 6.45) is -0.0583. The number of alkyl halides is 2. The smallest absolute Gasteiger partial charge is 0.387 e. The second-order valence-corrected chi connectivity index (χ2v) is 7.54. The first kappa shape index (κ1) is 26.8. The summed E-state index contributed by atoms with van der Waals surface area (Å²) in [6.45, 7) is 2.31. The molecule has 1 N–H and O–H groups in total. The van der Waals surface area contributed by atoms with Crippen molar-refractivity contribution in [3.05, 3.63) is 44.9 Å². The Morgan fingerprint density at radius 1 is 1.40 bits per heavy atom. The minimum absolute atomic E-state index is 0. The molecule has 2 rings (SSSR count). The van der Waals surface area contributed by atoms with Gasteiger partial charge < -0.3 is 19.7 Å². The molecule has 1 unspecified atom stereocenters. The molecule has 2 aromatic rings. The fraction of sp³-hybridized carbons (Fsp3) is 0.474. The van der Waals surface area contributed by atoms with Crippen LogP contribution in [0.5, 0.6) is 5.75 Å². The molecule has 1 aromatic carbocycles. The number of methoxy groups -OCH3 is 1. The number of hydrogen-bond donors (Lipinski definition) is 1. The number of hydrogen-bond acceptors (Lipinski definition) is 5. The summed E-state index contributed by atoms with van der Waals surface area (Å²) >= 11 is 7.55. The second-order valence-electron chi connectivity index (χ2n) is 6.21. The van der Waals surface area contributed by atoms with Crippen LogP contribution >= 0.6 is 46.9 Å². The van der Waals surface area contributed by atoms with E-state index in [1.807, 2.05) is 31.2 Å². The Bertz CT molecular complexity index is 826. The molecular formula is C19H26ClF2IN4O2S. The first-order valence-corrected chi connectivity index (χ1v) is 10.3. The average molecular weight is 575 g/mol. The molecule has 6 nitrogen and oxygen atoms in total. The zero-order valence-electron chi connectivity index (χ0n) is 17.2. The van der Waals surface area contributed by atoms with Crippen molar-refractivity contribution >= 4 is 52.9 Å². The predicted molar refractivity (Wildman–Crippen MR) is 127 cm³/mol. The molecule has 0 radical (unpaired) electrons. The molecular weight excluding hydrogens is 549 g/mol. The molecule has 1 atom stereocenters. The molecule has 0 aliphatic heterocycles.